The predicted octanol–water partition coefficient (Wildman–Crippen LogP) is 5.00. The van der Waals surface area contributed by atoms with Crippen molar-refractivity contribution in [3.8, 4) is 0 Å². The van der Waals surface area contributed by atoms with Gasteiger partial charge in [-0.25, -0.2) is 0 Å². The van der Waals surface area contributed by atoms with Gasteiger partial charge in [0, 0.05) is 78.0 Å². The lowest BCUT2D eigenvalue weighted by molar-refractivity contribution is 0.0370. The third kappa shape index (κ3) is 26.7. The number of aliphatic hydroxyl groups excluding tert-OH is 2. The molecule has 0 aromatic heterocycles. The maximum absolute atomic E-state index is 10.4. The normalized spacial score (nSPS) is 14.4. The maximum atomic E-state index is 10.4. The fourth-order valence-corrected chi connectivity index (χ4v) is 20.0. The first-order chi connectivity index (χ1) is 24.3. The van der Waals surface area contributed by atoms with Crippen molar-refractivity contribution < 1.29 is 50.4 Å². The first-order valence-corrected chi connectivity index (χ1v) is 29.8. The van der Waals surface area contributed by atoms with E-state index in [2.05, 4.69) is 36.8 Å². The van der Waals surface area contributed by atoms with Gasteiger partial charge in [-0.05, 0) is 119 Å². The first-order valence-electron chi connectivity index (χ1n) is 19.7. The van der Waals surface area contributed by atoms with Crippen molar-refractivity contribution in [3.63, 3.8) is 0 Å². The van der Waals surface area contributed by atoms with Crippen molar-refractivity contribution in [1.29, 1.82) is 0 Å². The highest BCUT2D eigenvalue weighted by Crippen LogP contribution is 2.24. The van der Waals surface area contributed by atoms with Crippen LogP contribution in [0.1, 0.15) is 67.2 Å². The summed E-state index contributed by atoms with van der Waals surface area (Å²) in [7, 11) is -8.93. The Hall–Kier alpha value is 0.348. The molecule has 0 aliphatic rings. The second-order valence-corrected chi connectivity index (χ2v) is 28.2. The molecule has 2 atom stereocenters. The van der Waals surface area contributed by atoms with E-state index < -0.39 is 46.5 Å². The molecule has 2 unspecified atom stereocenters. The number of ether oxygens (including phenoxy) is 2. The number of hydrogen-bond donors (Lipinski definition) is 4. The molecule has 0 fully saturated rings. The van der Waals surface area contributed by atoms with E-state index in [0.29, 0.717) is 79.2 Å². The highest BCUT2D eigenvalue weighted by molar-refractivity contribution is 6.84. The Morgan fingerprint density at radius 1 is 0.471 bits per heavy atom. The largest absolute Gasteiger partial charge is 0.500 e. The molecule has 0 radical (unpaired) electrons. The molecule has 0 aliphatic heterocycles. The van der Waals surface area contributed by atoms with E-state index in [4.69, 9.17) is 40.1 Å². The highest BCUT2D eigenvalue weighted by Gasteiger charge is 2.40. The van der Waals surface area contributed by atoms with Gasteiger partial charge in [-0.15, -0.1) is 0 Å². The van der Waals surface area contributed by atoms with Crippen molar-refractivity contribution in [2.75, 3.05) is 92.2 Å². The van der Waals surface area contributed by atoms with Gasteiger partial charge in [0.15, 0.2) is 16.6 Å². The quantitative estimate of drug-likeness (QED) is 0.0491. The van der Waals surface area contributed by atoms with Gasteiger partial charge in [0.05, 0.1) is 25.4 Å². The van der Waals surface area contributed by atoms with Gasteiger partial charge < -0.3 is 61.0 Å². The predicted molar refractivity (Wildman–Crippen MR) is 214 cm³/mol. The summed E-state index contributed by atoms with van der Waals surface area (Å²) in [5, 5.41) is 27.3. The minimum Gasteiger partial charge on any atom is -0.455 e. The molecule has 51 heavy (non-hydrogen) atoms. The molecule has 0 aromatic carbocycles. The average Bonchev–Trinajstić information content (AvgIpc) is 3.04. The summed E-state index contributed by atoms with van der Waals surface area (Å²) in [6, 6.07) is 3.55. The summed E-state index contributed by atoms with van der Waals surface area (Å²) in [6.07, 6.45) is 2.46. The lowest BCUT2D eigenvalue weighted by Crippen LogP contribution is -2.46. The molecule has 0 aliphatic carbocycles. The molecule has 0 rings (SSSR count). The first kappa shape index (κ1) is 51.3. The Labute approximate surface area is 316 Å². The van der Waals surface area contributed by atoms with Gasteiger partial charge in [-0.2, -0.15) is 0 Å². The van der Waals surface area contributed by atoms with E-state index in [1.54, 1.807) is 0 Å². The van der Waals surface area contributed by atoms with Gasteiger partial charge in [-0.3, -0.25) is 0 Å². The van der Waals surface area contributed by atoms with Crippen molar-refractivity contribution in [2.24, 2.45) is 0 Å². The lowest BCUT2D eigenvalue weighted by Gasteiger charge is -2.34. The molecular formula is C34H80N2O11Si4. The van der Waals surface area contributed by atoms with Gasteiger partial charge in [0.2, 0.25) is 0 Å². The Kier molecular flexibility index (Phi) is 30.8. The molecule has 13 nitrogen and oxygen atoms in total. The second-order valence-electron chi connectivity index (χ2n) is 13.9. The zero-order chi connectivity index (χ0) is 38.5. The summed E-state index contributed by atoms with van der Waals surface area (Å²) >= 11 is 0. The van der Waals surface area contributed by atoms with Crippen molar-refractivity contribution in [1.82, 2.24) is 10.6 Å². The number of nitrogens with one attached hydrogen (secondary N) is 2. The topological polar surface area (TPSA) is 148 Å². The van der Waals surface area contributed by atoms with Crippen LogP contribution in [0.25, 0.3) is 0 Å². The van der Waals surface area contributed by atoms with E-state index in [9.17, 15) is 10.2 Å². The zero-order valence-corrected chi connectivity index (χ0v) is 38.3. The highest BCUT2D eigenvalue weighted by atomic mass is 28.4. The van der Waals surface area contributed by atoms with Crippen LogP contribution in [0.4, 0.5) is 0 Å². The third-order valence-electron chi connectivity index (χ3n) is 7.93. The maximum Gasteiger partial charge on any atom is 0.500 e. The van der Waals surface area contributed by atoms with E-state index in [-0.39, 0.29) is 0 Å². The third-order valence-corrected chi connectivity index (χ3v) is 21.8. The van der Waals surface area contributed by atoms with Crippen molar-refractivity contribution >= 4 is 34.2 Å². The lowest BCUT2D eigenvalue weighted by atomic mass is 10.3. The second kappa shape index (κ2) is 30.6. The van der Waals surface area contributed by atoms with Gasteiger partial charge in [-0.1, -0.05) is 0 Å². The van der Waals surface area contributed by atoms with Crippen LogP contribution >= 0.6 is 0 Å². The van der Waals surface area contributed by atoms with E-state index in [1.165, 1.54) is 0 Å². The SMILES string of the molecule is CCO[Si](CCCNCC(O)COCCC[Si](C)(C)O[Si](C)(C)CCCOCC(O)CNCCC[Si](OCC)(OCC)OCC)(OCC)OCC. The minimum absolute atomic E-state index is 0.315. The van der Waals surface area contributed by atoms with Crippen LogP contribution in [0.3, 0.4) is 0 Å². The van der Waals surface area contributed by atoms with E-state index in [0.717, 1.165) is 62.9 Å². The molecule has 0 saturated heterocycles. The summed E-state index contributed by atoms with van der Waals surface area (Å²) in [4.78, 5) is 0. The summed E-state index contributed by atoms with van der Waals surface area (Å²) in [5.74, 6) is 0. The van der Waals surface area contributed by atoms with Crippen LogP contribution in [0.15, 0.2) is 0 Å². The molecule has 0 bridgehead atoms. The summed E-state index contributed by atoms with van der Waals surface area (Å²) in [6.45, 7) is 28.7. The Bertz CT molecular complexity index is 713. The van der Waals surface area contributed by atoms with Crippen LogP contribution in [-0.2, 0) is 40.1 Å². The standard InChI is InChI=1S/C34H80N2O11Si4/c1-11-41-50(42-12-2,43-13-3)27-17-21-35-29-33(37)31-39-23-19-25-48(7,8)47-49(9,10)26-20-24-40-32-34(38)30-36-22-18-28-51(44-14-4,45-15-5)46-16-6/h33-38H,11-32H2,1-10H3. The molecule has 0 amide bonds. The monoisotopic (exact) mass is 804 g/mol. The molecule has 0 spiro atoms. The van der Waals surface area contributed by atoms with E-state index >= 15 is 0 Å². The van der Waals surface area contributed by atoms with Crippen LogP contribution in [0, 0.1) is 0 Å². The summed E-state index contributed by atoms with van der Waals surface area (Å²) < 4.78 is 53.8. The van der Waals surface area contributed by atoms with Gasteiger partial charge in [0.1, 0.15) is 0 Å². The van der Waals surface area contributed by atoms with Crippen LogP contribution in [0.5, 0.6) is 0 Å². The molecule has 0 saturated carbocycles. The van der Waals surface area contributed by atoms with Gasteiger partial charge >= 0.3 is 17.6 Å². The van der Waals surface area contributed by atoms with Crippen LogP contribution in [-0.4, -0.2) is 149 Å². The molecule has 4 N–H and O–H groups in total. The smallest absolute Gasteiger partial charge is 0.455 e. The number of rotatable bonds is 38. The Morgan fingerprint density at radius 3 is 1.08 bits per heavy atom. The van der Waals surface area contributed by atoms with Crippen LogP contribution in [0.2, 0.25) is 50.4 Å². The molecule has 17 heteroatoms. The van der Waals surface area contributed by atoms with E-state index in [1.807, 2.05) is 41.5 Å². The zero-order valence-electron chi connectivity index (χ0n) is 34.3. The molecule has 0 aromatic rings. The average molecular weight is 805 g/mol. The molecule has 0 heterocycles. The number of hydrogen-bond acceptors (Lipinski definition) is 13. The van der Waals surface area contributed by atoms with Crippen LogP contribution < -0.4 is 10.6 Å². The van der Waals surface area contributed by atoms with Crippen molar-refractivity contribution in [2.45, 2.75) is 130 Å². The number of aliphatic hydroxyl groups is 2. The Balaban J connectivity index is 4.11. The minimum atomic E-state index is -2.62. The van der Waals surface area contributed by atoms with Gasteiger partial charge in [0.25, 0.3) is 0 Å². The fourth-order valence-electron chi connectivity index (χ4n) is 6.01. The summed E-state index contributed by atoms with van der Waals surface area (Å²) in [5.41, 5.74) is 0. The molecule has 308 valence electrons. The van der Waals surface area contributed by atoms with Crippen molar-refractivity contribution in [3.05, 3.63) is 0 Å². The Morgan fingerprint density at radius 2 is 0.784 bits per heavy atom. The fraction of sp³-hybridized carbons (Fsp3) is 1.00. The molecular weight excluding hydrogens is 725 g/mol.